The summed E-state index contributed by atoms with van der Waals surface area (Å²) in [7, 11) is 0. The molecular weight excluding hydrogens is 306 g/mol. The van der Waals surface area contributed by atoms with Crippen LogP contribution in [-0.4, -0.2) is 33.2 Å². The van der Waals surface area contributed by atoms with Crippen molar-refractivity contribution in [2.45, 2.75) is 51.6 Å². The molecule has 0 spiro atoms. The molecule has 6 nitrogen and oxygen atoms in total. The molecular formula is C18H23N3O3. The van der Waals surface area contributed by atoms with Crippen LogP contribution in [0.2, 0.25) is 0 Å². The van der Waals surface area contributed by atoms with E-state index in [1.165, 1.54) is 0 Å². The van der Waals surface area contributed by atoms with Crippen molar-refractivity contribution in [3.8, 4) is 0 Å². The van der Waals surface area contributed by atoms with E-state index in [-0.39, 0.29) is 24.1 Å². The van der Waals surface area contributed by atoms with Crippen LogP contribution in [0.25, 0.3) is 10.9 Å². The maximum Gasteiger partial charge on any atom is 0.261 e. The Hall–Kier alpha value is -2.21. The molecule has 1 aromatic carbocycles. The topological polar surface area (TPSA) is 84.2 Å². The highest BCUT2D eigenvalue weighted by atomic mass is 16.3. The van der Waals surface area contributed by atoms with Crippen LogP contribution in [0.15, 0.2) is 23.0 Å². The van der Waals surface area contributed by atoms with Gasteiger partial charge in [0.1, 0.15) is 5.82 Å². The first-order chi connectivity index (χ1) is 11.6. The van der Waals surface area contributed by atoms with E-state index >= 15 is 0 Å². The molecule has 1 unspecified atom stereocenters. The standard InChI is InChI=1S/C18H23N3O3/c1-12(11-22)19-17(23)13-7-8-14-15(10-13)20-16-6-4-2-3-5-9-21(16)18(14)24/h7-8,10,12,22H,2-6,9,11H2,1H3,(H,19,23). The Bertz CT molecular complexity index is 813. The van der Waals surface area contributed by atoms with E-state index in [1.54, 1.807) is 29.7 Å². The van der Waals surface area contributed by atoms with Gasteiger partial charge in [-0.25, -0.2) is 4.98 Å². The predicted molar refractivity (Wildman–Crippen MR) is 92.2 cm³/mol. The molecule has 6 heteroatoms. The molecule has 2 aromatic rings. The highest BCUT2D eigenvalue weighted by molar-refractivity contribution is 5.97. The molecule has 1 atom stereocenters. The van der Waals surface area contributed by atoms with Crippen molar-refractivity contribution >= 4 is 16.8 Å². The fourth-order valence-corrected chi connectivity index (χ4v) is 3.09. The number of hydrogen-bond donors (Lipinski definition) is 2. The lowest BCUT2D eigenvalue weighted by Gasteiger charge is -2.16. The van der Waals surface area contributed by atoms with E-state index in [0.29, 0.717) is 23.0 Å². The molecule has 1 amide bonds. The Balaban J connectivity index is 2.02. The number of amides is 1. The van der Waals surface area contributed by atoms with Gasteiger partial charge >= 0.3 is 0 Å². The molecule has 0 saturated heterocycles. The Morgan fingerprint density at radius 3 is 2.92 bits per heavy atom. The number of nitrogens with one attached hydrogen (secondary N) is 1. The minimum Gasteiger partial charge on any atom is -0.394 e. The Morgan fingerprint density at radius 2 is 2.12 bits per heavy atom. The molecule has 1 aromatic heterocycles. The van der Waals surface area contributed by atoms with E-state index in [4.69, 9.17) is 5.11 Å². The van der Waals surface area contributed by atoms with Crippen molar-refractivity contribution in [2.24, 2.45) is 0 Å². The molecule has 2 heterocycles. The van der Waals surface area contributed by atoms with Crippen LogP contribution in [0.4, 0.5) is 0 Å². The molecule has 0 bridgehead atoms. The summed E-state index contributed by atoms with van der Waals surface area (Å²) in [6, 6.07) is 4.66. The van der Waals surface area contributed by atoms with E-state index < -0.39 is 0 Å². The maximum absolute atomic E-state index is 12.7. The van der Waals surface area contributed by atoms with Gasteiger partial charge in [0, 0.05) is 24.6 Å². The molecule has 0 fully saturated rings. The average Bonchev–Trinajstić information content (AvgIpc) is 2.56. The summed E-state index contributed by atoms with van der Waals surface area (Å²) in [6.07, 6.45) is 5.14. The number of hydrogen-bond acceptors (Lipinski definition) is 4. The summed E-state index contributed by atoms with van der Waals surface area (Å²) < 4.78 is 1.79. The van der Waals surface area contributed by atoms with Gasteiger partial charge < -0.3 is 10.4 Å². The second-order valence-electron chi connectivity index (χ2n) is 6.44. The second kappa shape index (κ2) is 7.13. The van der Waals surface area contributed by atoms with Crippen LogP contribution in [0.3, 0.4) is 0 Å². The fourth-order valence-electron chi connectivity index (χ4n) is 3.09. The zero-order valence-corrected chi connectivity index (χ0v) is 13.9. The third-order valence-electron chi connectivity index (χ3n) is 4.48. The highest BCUT2D eigenvalue weighted by Crippen LogP contribution is 2.16. The number of carbonyl (C=O) groups is 1. The summed E-state index contributed by atoms with van der Waals surface area (Å²) in [4.78, 5) is 29.6. The van der Waals surface area contributed by atoms with Crippen molar-refractivity contribution in [2.75, 3.05) is 6.61 Å². The number of nitrogens with zero attached hydrogens (tertiary/aromatic N) is 2. The monoisotopic (exact) mass is 329 g/mol. The SMILES string of the molecule is CC(CO)NC(=O)c1ccc2c(=O)n3c(nc2c1)CCCCCC3. The molecule has 2 N–H and O–H groups in total. The average molecular weight is 329 g/mol. The molecule has 0 radical (unpaired) electrons. The van der Waals surface area contributed by atoms with Crippen LogP contribution in [0.1, 0.15) is 48.8 Å². The quantitative estimate of drug-likeness (QED) is 0.896. The molecule has 3 rings (SSSR count). The van der Waals surface area contributed by atoms with Crippen molar-refractivity contribution < 1.29 is 9.90 Å². The van der Waals surface area contributed by atoms with Gasteiger partial charge in [-0.3, -0.25) is 14.2 Å². The number of aliphatic hydroxyl groups excluding tert-OH is 1. The van der Waals surface area contributed by atoms with Crippen molar-refractivity contribution in [1.29, 1.82) is 0 Å². The minimum absolute atomic E-state index is 0.0208. The van der Waals surface area contributed by atoms with Crippen LogP contribution < -0.4 is 10.9 Å². The first-order valence-electron chi connectivity index (χ1n) is 8.55. The van der Waals surface area contributed by atoms with Gasteiger partial charge in [-0.1, -0.05) is 12.8 Å². The zero-order chi connectivity index (χ0) is 17.1. The lowest BCUT2D eigenvalue weighted by molar-refractivity contribution is 0.0922. The molecule has 0 aliphatic carbocycles. The molecule has 0 saturated carbocycles. The van der Waals surface area contributed by atoms with Gasteiger partial charge in [0.15, 0.2) is 0 Å². The van der Waals surface area contributed by atoms with Crippen molar-refractivity contribution in [3.05, 3.63) is 39.9 Å². The number of rotatable bonds is 3. The zero-order valence-electron chi connectivity index (χ0n) is 13.9. The van der Waals surface area contributed by atoms with Gasteiger partial charge in [0.05, 0.1) is 17.5 Å². The number of aliphatic hydroxyl groups is 1. The molecule has 24 heavy (non-hydrogen) atoms. The van der Waals surface area contributed by atoms with E-state index in [9.17, 15) is 9.59 Å². The lowest BCUT2D eigenvalue weighted by Crippen LogP contribution is -2.35. The summed E-state index contributed by atoms with van der Waals surface area (Å²) in [6.45, 7) is 2.33. The number of benzene rings is 1. The molecule has 128 valence electrons. The van der Waals surface area contributed by atoms with Crippen LogP contribution >= 0.6 is 0 Å². The highest BCUT2D eigenvalue weighted by Gasteiger charge is 2.15. The molecule has 1 aliphatic heterocycles. The third kappa shape index (κ3) is 3.33. The van der Waals surface area contributed by atoms with Gasteiger partial charge in [-0.2, -0.15) is 0 Å². The third-order valence-corrected chi connectivity index (χ3v) is 4.48. The number of fused-ring (bicyclic) bond motifs is 2. The number of carbonyl (C=O) groups excluding carboxylic acids is 1. The largest absolute Gasteiger partial charge is 0.394 e. The summed E-state index contributed by atoms with van der Waals surface area (Å²) >= 11 is 0. The Morgan fingerprint density at radius 1 is 1.33 bits per heavy atom. The number of aryl methyl sites for hydroxylation is 1. The van der Waals surface area contributed by atoms with Gasteiger partial charge in [0.25, 0.3) is 11.5 Å². The Kier molecular flexibility index (Phi) is 4.94. The first-order valence-corrected chi connectivity index (χ1v) is 8.55. The van der Waals surface area contributed by atoms with Crippen LogP contribution in [0, 0.1) is 0 Å². The van der Waals surface area contributed by atoms with E-state index in [1.807, 2.05) is 0 Å². The van der Waals surface area contributed by atoms with E-state index in [0.717, 1.165) is 37.9 Å². The van der Waals surface area contributed by atoms with Crippen molar-refractivity contribution in [3.63, 3.8) is 0 Å². The van der Waals surface area contributed by atoms with Gasteiger partial charge in [-0.15, -0.1) is 0 Å². The first kappa shape index (κ1) is 16.6. The fraction of sp³-hybridized carbons (Fsp3) is 0.500. The normalized spacial score (nSPS) is 16.1. The summed E-state index contributed by atoms with van der Waals surface area (Å²) in [5, 5.41) is 12.3. The van der Waals surface area contributed by atoms with Crippen LogP contribution in [-0.2, 0) is 13.0 Å². The maximum atomic E-state index is 12.7. The van der Waals surface area contributed by atoms with Gasteiger partial charge in [-0.05, 0) is 38.0 Å². The Labute approximate surface area is 140 Å². The van der Waals surface area contributed by atoms with E-state index in [2.05, 4.69) is 10.3 Å². The summed E-state index contributed by atoms with van der Waals surface area (Å²) in [5.74, 6) is 0.542. The smallest absolute Gasteiger partial charge is 0.261 e. The lowest BCUT2D eigenvalue weighted by atomic mass is 10.1. The summed E-state index contributed by atoms with van der Waals surface area (Å²) in [5.41, 5.74) is 0.995. The van der Waals surface area contributed by atoms with Crippen LogP contribution in [0.5, 0.6) is 0 Å². The molecule has 1 aliphatic rings. The minimum atomic E-state index is -0.317. The van der Waals surface area contributed by atoms with Crippen molar-refractivity contribution in [1.82, 2.24) is 14.9 Å². The number of aromatic nitrogens is 2. The predicted octanol–water partition coefficient (Wildman–Crippen LogP) is 1.62. The van der Waals surface area contributed by atoms with Gasteiger partial charge in [0.2, 0.25) is 0 Å². The second-order valence-corrected chi connectivity index (χ2v) is 6.44.